The van der Waals surface area contributed by atoms with Gasteiger partial charge in [-0.1, -0.05) is 18.2 Å². The van der Waals surface area contributed by atoms with E-state index in [1.807, 2.05) is 6.92 Å². The van der Waals surface area contributed by atoms with Crippen LogP contribution in [0, 0.1) is 0 Å². The fraction of sp³-hybridized carbons (Fsp3) is 0.250. The van der Waals surface area contributed by atoms with E-state index >= 15 is 0 Å². The fourth-order valence-electron chi connectivity index (χ4n) is 1.72. The lowest BCUT2D eigenvalue weighted by Crippen LogP contribution is -2.35. The third kappa shape index (κ3) is 1.39. The number of ketones is 1. The van der Waals surface area contributed by atoms with Crippen LogP contribution in [0.1, 0.15) is 29.8 Å². The Morgan fingerprint density at radius 3 is 2.75 bits per heavy atom. The predicted octanol–water partition coefficient (Wildman–Crippen LogP) is 1.71. The number of aliphatic hydroxyl groups is 1. The summed E-state index contributed by atoms with van der Waals surface area (Å²) in [6.45, 7) is 3.08. The SMILES string of the molecule is C/C=C/c1ccc(O)c2c1C(=O)[C@](C)(O)O2. The maximum absolute atomic E-state index is 11.8. The molecule has 4 heteroatoms. The van der Waals surface area contributed by atoms with E-state index in [-0.39, 0.29) is 17.1 Å². The van der Waals surface area contributed by atoms with Crippen LogP contribution in [-0.2, 0) is 0 Å². The molecule has 1 aromatic rings. The molecule has 0 unspecified atom stereocenters. The van der Waals surface area contributed by atoms with Crippen LogP contribution in [0.5, 0.6) is 11.5 Å². The van der Waals surface area contributed by atoms with Crippen molar-refractivity contribution in [2.45, 2.75) is 19.6 Å². The number of hydrogen-bond donors (Lipinski definition) is 2. The Labute approximate surface area is 92.8 Å². The summed E-state index contributed by atoms with van der Waals surface area (Å²) in [5, 5.41) is 19.3. The summed E-state index contributed by atoms with van der Waals surface area (Å²) in [6.07, 6.45) is 3.49. The van der Waals surface area contributed by atoms with E-state index in [4.69, 9.17) is 4.74 Å². The van der Waals surface area contributed by atoms with Crippen LogP contribution < -0.4 is 4.74 Å². The van der Waals surface area contributed by atoms with Crippen molar-refractivity contribution in [3.63, 3.8) is 0 Å². The van der Waals surface area contributed by atoms with Gasteiger partial charge in [-0.3, -0.25) is 4.79 Å². The normalized spacial score (nSPS) is 23.6. The zero-order valence-corrected chi connectivity index (χ0v) is 9.02. The molecule has 1 aliphatic heterocycles. The second-order valence-corrected chi connectivity index (χ2v) is 3.79. The van der Waals surface area contributed by atoms with Crippen LogP contribution >= 0.6 is 0 Å². The molecule has 0 radical (unpaired) electrons. The number of phenols is 1. The van der Waals surface area contributed by atoms with Crippen LogP contribution in [0.2, 0.25) is 0 Å². The van der Waals surface area contributed by atoms with E-state index in [2.05, 4.69) is 0 Å². The smallest absolute Gasteiger partial charge is 0.270 e. The monoisotopic (exact) mass is 220 g/mol. The number of aromatic hydroxyl groups is 1. The summed E-state index contributed by atoms with van der Waals surface area (Å²) >= 11 is 0. The van der Waals surface area contributed by atoms with Crippen LogP contribution in [-0.4, -0.2) is 21.8 Å². The molecule has 4 nitrogen and oxygen atoms in total. The highest BCUT2D eigenvalue weighted by atomic mass is 16.6. The van der Waals surface area contributed by atoms with Gasteiger partial charge in [0.1, 0.15) is 0 Å². The zero-order chi connectivity index (χ0) is 11.9. The molecule has 0 aliphatic carbocycles. The number of ether oxygens (including phenoxy) is 1. The lowest BCUT2D eigenvalue weighted by atomic mass is 10.00. The first-order valence-electron chi connectivity index (χ1n) is 4.92. The molecule has 2 rings (SSSR count). The van der Waals surface area contributed by atoms with E-state index < -0.39 is 11.6 Å². The van der Waals surface area contributed by atoms with Crippen LogP contribution in [0.3, 0.4) is 0 Å². The Hall–Kier alpha value is -1.81. The lowest BCUT2D eigenvalue weighted by molar-refractivity contribution is -0.0757. The first kappa shape index (κ1) is 10.7. The van der Waals surface area contributed by atoms with Gasteiger partial charge in [0.05, 0.1) is 5.56 Å². The van der Waals surface area contributed by atoms with Crippen molar-refractivity contribution >= 4 is 11.9 Å². The number of fused-ring (bicyclic) bond motifs is 1. The van der Waals surface area contributed by atoms with Crippen LogP contribution in [0.15, 0.2) is 18.2 Å². The molecule has 16 heavy (non-hydrogen) atoms. The highest BCUT2D eigenvalue weighted by Gasteiger charge is 2.44. The van der Waals surface area contributed by atoms with Crippen molar-refractivity contribution in [1.82, 2.24) is 0 Å². The van der Waals surface area contributed by atoms with Gasteiger partial charge in [0.2, 0.25) is 5.78 Å². The zero-order valence-electron chi connectivity index (χ0n) is 9.02. The van der Waals surface area contributed by atoms with Crippen molar-refractivity contribution in [1.29, 1.82) is 0 Å². The Balaban J connectivity index is 2.68. The molecule has 0 fully saturated rings. The second-order valence-electron chi connectivity index (χ2n) is 3.79. The van der Waals surface area contributed by atoms with E-state index in [1.54, 1.807) is 18.2 Å². The van der Waals surface area contributed by atoms with E-state index in [1.165, 1.54) is 13.0 Å². The second kappa shape index (κ2) is 3.35. The summed E-state index contributed by atoms with van der Waals surface area (Å²) in [5.74, 6) is -2.52. The largest absolute Gasteiger partial charge is 0.504 e. The topological polar surface area (TPSA) is 66.8 Å². The van der Waals surface area contributed by atoms with Crippen molar-refractivity contribution in [2.24, 2.45) is 0 Å². The Morgan fingerprint density at radius 1 is 1.44 bits per heavy atom. The molecular weight excluding hydrogens is 208 g/mol. The Morgan fingerprint density at radius 2 is 2.12 bits per heavy atom. The molecule has 1 heterocycles. The summed E-state index contributed by atoms with van der Waals surface area (Å²) in [7, 11) is 0. The molecule has 2 N–H and O–H groups in total. The summed E-state index contributed by atoms with van der Waals surface area (Å²) in [5.41, 5.74) is 0.848. The molecule has 1 aromatic carbocycles. The van der Waals surface area contributed by atoms with Crippen molar-refractivity contribution in [3.05, 3.63) is 29.3 Å². The molecule has 0 spiro atoms. The number of Topliss-reactive ketones (excluding diaryl/α,β-unsaturated/α-hetero) is 1. The van der Waals surface area contributed by atoms with Gasteiger partial charge in [-0.05, 0) is 18.6 Å². The molecule has 0 saturated heterocycles. The predicted molar refractivity (Wildman–Crippen MR) is 58.4 cm³/mol. The molecular formula is C12H12O4. The summed E-state index contributed by atoms with van der Waals surface area (Å²) in [4.78, 5) is 11.8. The van der Waals surface area contributed by atoms with Gasteiger partial charge in [-0.25, -0.2) is 0 Å². The molecule has 0 saturated carbocycles. The number of phenolic OH excluding ortho intramolecular Hbond substituents is 1. The number of allylic oxidation sites excluding steroid dienone is 1. The number of carbonyl (C=O) groups excluding carboxylic acids is 1. The summed E-state index contributed by atoms with van der Waals surface area (Å²) in [6, 6.07) is 3.04. The Kier molecular flexibility index (Phi) is 2.24. The minimum atomic E-state index is -1.89. The number of benzene rings is 1. The minimum absolute atomic E-state index is 0.0469. The van der Waals surface area contributed by atoms with Crippen molar-refractivity contribution < 1.29 is 19.7 Å². The molecule has 1 aliphatic rings. The van der Waals surface area contributed by atoms with E-state index in [0.717, 1.165) is 0 Å². The standard InChI is InChI=1S/C12H12O4/c1-3-4-7-5-6-8(13)10-9(7)11(14)12(2,15)16-10/h3-6,13,15H,1-2H3/b4-3+/t12-/m1/s1. The number of hydrogen-bond acceptors (Lipinski definition) is 4. The highest BCUT2D eigenvalue weighted by Crippen LogP contribution is 2.42. The summed E-state index contributed by atoms with van der Waals surface area (Å²) < 4.78 is 5.05. The van der Waals surface area contributed by atoms with Gasteiger partial charge in [0.25, 0.3) is 5.79 Å². The number of rotatable bonds is 1. The molecule has 1 atom stereocenters. The van der Waals surface area contributed by atoms with Gasteiger partial charge >= 0.3 is 0 Å². The first-order chi connectivity index (χ1) is 7.47. The maximum atomic E-state index is 11.8. The van der Waals surface area contributed by atoms with Gasteiger partial charge in [0.15, 0.2) is 11.5 Å². The van der Waals surface area contributed by atoms with E-state index in [0.29, 0.717) is 5.56 Å². The molecule has 0 bridgehead atoms. The lowest BCUT2D eigenvalue weighted by Gasteiger charge is -2.13. The van der Waals surface area contributed by atoms with Gasteiger partial charge in [-0.15, -0.1) is 0 Å². The van der Waals surface area contributed by atoms with Crippen LogP contribution in [0.25, 0.3) is 6.08 Å². The quantitative estimate of drug-likeness (QED) is 0.756. The van der Waals surface area contributed by atoms with Gasteiger partial charge in [-0.2, -0.15) is 0 Å². The third-order valence-electron chi connectivity index (χ3n) is 2.46. The van der Waals surface area contributed by atoms with E-state index in [9.17, 15) is 15.0 Å². The highest BCUT2D eigenvalue weighted by molar-refractivity contribution is 6.09. The van der Waals surface area contributed by atoms with Crippen molar-refractivity contribution in [2.75, 3.05) is 0 Å². The average molecular weight is 220 g/mol. The van der Waals surface area contributed by atoms with Crippen molar-refractivity contribution in [3.8, 4) is 11.5 Å². The average Bonchev–Trinajstić information content (AvgIpc) is 2.45. The van der Waals surface area contributed by atoms with Crippen LogP contribution in [0.4, 0.5) is 0 Å². The Bertz CT molecular complexity index is 486. The van der Waals surface area contributed by atoms with Gasteiger partial charge in [0, 0.05) is 6.92 Å². The van der Waals surface area contributed by atoms with Gasteiger partial charge < -0.3 is 14.9 Å². The molecule has 0 amide bonds. The first-order valence-corrected chi connectivity index (χ1v) is 4.92. The maximum Gasteiger partial charge on any atom is 0.270 e. The molecule has 0 aromatic heterocycles. The molecule has 84 valence electrons. The fourth-order valence-corrected chi connectivity index (χ4v) is 1.72. The third-order valence-corrected chi connectivity index (χ3v) is 2.46. The number of carbonyl (C=O) groups is 1. The minimum Gasteiger partial charge on any atom is -0.504 e.